The summed E-state index contributed by atoms with van der Waals surface area (Å²) in [6.45, 7) is 0. The predicted octanol–water partition coefficient (Wildman–Crippen LogP) is 18.1. The second kappa shape index (κ2) is 15.4. The fourth-order valence-electron chi connectivity index (χ4n) is 10.0. The van der Waals surface area contributed by atoms with E-state index < -0.39 is 0 Å². The number of benzene rings is 11. The number of hydrogen-bond donors (Lipinski definition) is 0. The van der Waals surface area contributed by atoms with E-state index in [2.05, 4.69) is 240 Å². The molecule has 0 aliphatic rings. The van der Waals surface area contributed by atoms with Gasteiger partial charge in [0.05, 0.1) is 11.4 Å². The van der Waals surface area contributed by atoms with E-state index in [1.165, 1.54) is 10.8 Å². The van der Waals surface area contributed by atoms with Crippen LogP contribution in [-0.2, 0) is 0 Å². The number of furan rings is 2. The van der Waals surface area contributed by atoms with E-state index in [-0.39, 0.29) is 0 Å². The van der Waals surface area contributed by atoms with Gasteiger partial charge in [-0.15, -0.1) is 0 Å². The van der Waals surface area contributed by atoms with Crippen LogP contribution in [0.1, 0.15) is 0 Å². The molecule has 11 aromatic carbocycles. The van der Waals surface area contributed by atoms with Crippen LogP contribution in [0.4, 0.5) is 34.1 Å². The minimum absolute atomic E-state index is 0.852. The van der Waals surface area contributed by atoms with Crippen LogP contribution in [0.3, 0.4) is 0 Å². The molecule has 0 bridgehead atoms. The molecule has 0 amide bonds. The SMILES string of the molecule is c1ccc(-c2ccccc2N(c2ccc(-c3ccc4c(c3)c3ccccc3c3c5ccc(N(c6ccccc6)c6ccccc6)cc5oc43)cc2)c2cccc3c2oc2ccccc23)cc1. The monoisotopic (exact) mass is 844 g/mol. The molecule has 0 N–H and O–H groups in total. The standard InChI is InChI=1S/C62H40N2O2/c1-4-17-42(18-5-1)48-23-12-14-28-56(48)64(57-29-16-27-52-50-25-13-15-30-58(50)65-61(52)57)46-34-31-41(32-35-46)43-33-37-53-55(39-43)49-24-10-11-26-51(49)60-54-38-36-47(40-59(54)66-62(53)60)63(44-19-6-2-7-20-44)45-21-8-3-9-22-45/h1-40H. The summed E-state index contributed by atoms with van der Waals surface area (Å²) in [6, 6.07) is 86.1. The Hall–Kier alpha value is -8.86. The molecule has 0 aliphatic heterocycles. The van der Waals surface area contributed by atoms with Gasteiger partial charge in [-0.3, -0.25) is 0 Å². The zero-order valence-corrected chi connectivity index (χ0v) is 35.8. The summed E-state index contributed by atoms with van der Waals surface area (Å²) in [4.78, 5) is 4.62. The molecule has 4 nitrogen and oxygen atoms in total. The van der Waals surface area contributed by atoms with Crippen LogP contribution in [0.5, 0.6) is 0 Å². The lowest BCUT2D eigenvalue weighted by Gasteiger charge is -2.28. The maximum Gasteiger partial charge on any atom is 0.159 e. The van der Waals surface area contributed by atoms with Crippen molar-refractivity contribution in [2.45, 2.75) is 0 Å². The number of hydrogen-bond acceptors (Lipinski definition) is 4. The zero-order valence-electron chi connectivity index (χ0n) is 35.8. The van der Waals surface area contributed by atoms with Gasteiger partial charge in [0.15, 0.2) is 5.58 Å². The lowest BCUT2D eigenvalue weighted by atomic mass is 9.94. The lowest BCUT2D eigenvalue weighted by molar-refractivity contribution is 0.669. The van der Waals surface area contributed by atoms with Crippen molar-refractivity contribution in [3.05, 3.63) is 243 Å². The molecule has 4 heteroatoms. The van der Waals surface area contributed by atoms with Crippen LogP contribution in [0.15, 0.2) is 251 Å². The Kier molecular flexibility index (Phi) is 8.81. The minimum Gasteiger partial charge on any atom is -0.455 e. The Balaban J connectivity index is 0.942. The van der Waals surface area contributed by atoms with Crippen molar-refractivity contribution in [2.24, 2.45) is 0 Å². The first-order chi connectivity index (χ1) is 32.7. The second-order valence-corrected chi connectivity index (χ2v) is 16.8. The normalized spacial score (nSPS) is 11.6. The molecular weight excluding hydrogens is 805 g/mol. The van der Waals surface area contributed by atoms with Gasteiger partial charge < -0.3 is 18.6 Å². The molecule has 0 saturated carbocycles. The maximum absolute atomic E-state index is 6.96. The lowest BCUT2D eigenvalue weighted by Crippen LogP contribution is -2.11. The average Bonchev–Trinajstić information content (AvgIpc) is 3.97. The summed E-state index contributed by atoms with van der Waals surface area (Å²) in [5, 5.41) is 9.05. The molecule has 0 atom stereocenters. The van der Waals surface area contributed by atoms with Gasteiger partial charge in [-0.25, -0.2) is 0 Å². The molecule has 0 aliphatic carbocycles. The summed E-state index contributed by atoms with van der Waals surface area (Å²) in [6.07, 6.45) is 0. The molecule has 0 unspecified atom stereocenters. The second-order valence-electron chi connectivity index (χ2n) is 16.8. The highest BCUT2D eigenvalue weighted by Crippen LogP contribution is 2.47. The van der Waals surface area contributed by atoms with Crippen LogP contribution >= 0.6 is 0 Å². The Morgan fingerprint density at radius 3 is 1.58 bits per heavy atom. The van der Waals surface area contributed by atoms with Crippen LogP contribution in [0.2, 0.25) is 0 Å². The zero-order chi connectivity index (χ0) is 43.6. The maximum atomic E-state index is 6.96. The van der Waals surface area contributed by atoms with Gasteiger partial charge in [0.1, 0.15) is 16.7 Å². The van der Waals surface area contributed by atoms with Crippen LogP contribution in [0, 0.1) is 0 Å². The van der Waals surface area contributed by atoms with Gasteiger partial charge in [-0.1, -0.05) is 158 Å². The average molecular weight is 845 g/mol. The third-order valence-electron chi connectivity index (χ3n) is 13.0. The van der Waals surface area contributed by atoms with Gasteiger partial charge in [0.25, 0.3) is 0 Å². The Morgan fingerprint density at radius 1 is 0.258 bits per heavy atom. The van der Waals surface area contributed by atoms with Gasteiger partial charge in [-0.05, 0) is 112 Å². The highest BCUT2D eigenvalue weighted by Gasteiger charge is 2.23. The molecule has 2 heterocycles. The summed E-state index contributed by atoms with van der Waals surface area (Å²) in [5.74, 6) is 0. The van der Waals surface area contributed by atoms with Crippen LogP contribution < -0.4 is 9.80 Å². The Labute approximate surface area is 381 Å². The highest BCUT2D eigenvalue weighted by atomic mass is 16.3. The van der Waals surface area contributed by atoms with Crippen molar-refractivity contribution in [1.82, 2.24) is 0 Å². The molecule has 0 spiro atoms. The molecule has 0 radical (unpaired) electrons. The van der Waals surface area contributed by atoms with Crippen LogP contribution in [-0.4, -0.2) is 0 Å². The number of rotatable bonds is 8. The third kappa shape index (κ3) is 6.15. The van der Waals surface area contributed by atoms with E-state index >= 15 is 0 Å². The van der Waals surface area contributed by atoms with Crippen molar-refractivity contribution < 1.29 is 8.83 Å². The third-order valence-corrected chi connectivity index (χ3v) is 13.0. The topological polar surface area (TPSA) is 32.8 Å². The van der Waals surface area contributed by atoms with E-state index in [4.69, 9.17) is 8.83 Å². The smallest absolute Gasteiger partial charge is 0.159 e. The Bertz CT molecular complexity index is 3890. The van der Waals surface area contributed by atoms with Gasteiger partial charge >= 0.3 is 0 Å². The first kappa shape index (κ1) is 37.7. The fraction of sp³-hybridized carbons (Fsp3) is 0. The molecule has 0 fully saturated rings. The molecule has 13 aromatic rings. The summed E-state index contributed by atoms with van der Waals surface area (Å²) in [7, 11) is 0. The number of fused-ring (bicyclic) bond motifs is 11. The van der Waals surface area contributed by atoms with Crippen molar-refractivity contribution in [1.29, 1.82) is 0 Å². The molecule has 13 rings (SSSR count). The molecule has 2 aromatic heterocycles. The summed E-state index contributed by atoms with van der Waals surface area (Å²) >= 11 is 0. The summed E-state index contributed by atoms with van der Waals surface area (Å²) < 4.78 is 13.6. The van der Waals surface area contributed by atoms with Crippen molar-refractivity contribution >= 4 is 99.5 Å². The van der Waals surface area contributed by atoms with Gasteiger partial charge in [-0.2, -0.15) is 0 Å². The molecule has 0 saturated heterocycles. The van der Waals surface area contributed by atoms with E-state index in [1.54, 1.807) is 0 Å². The molecule has 310 valence electrons. The predicted molar refractivity (Wildman–Crippen MR) is 276 cm³/mol. The van der Waals surface area contributed by atoms with Crippen LogP contribution in [0.25, 0.3) is 87.7 Å². The number of nitrogens with zero attached hydrogens (tertiary/aromatic N) is 2. The van der Waals surface area contributed by atoms with Gasteiger partial charge in [0.2, 0.25) is 0 Å². The largest absolute Gasteiger partial charge is 0.455 e. The Morgan fingerprint density at radius 2 is 0.803 bits per heavy atom. The number of para-hydroxylation sites is 5. The first-order valence-electron chi connectivity index (χ1n) is 22.4. The minimum atomic E-state index is 0.852. The van der Waals surface area contributed by atoms with Crippen molar-refractivity contribution in [3.8, 4) is 22.3 Å². The van der Waals surface area contributed by atoms with E-state index in [1.807, 2.05) is 12.1 Å². The highest BCUT2D eigenvalue weighted by molar-refractivity contribution is 6.30. The molecular formula is C62H40N2O2. The molecule has 66 heavy (non-hydrogen) atoms. The van der Waals surface area contributed by atoms with Gasteiger partial charge in [0, 0.05) is 61.3 Å². The quantitative estimate of drug-likeness (QED) is 0.143. The van der Waals surface area contributed by atoms with Crippen molar-refractivity contribution in [2.75, 3.05) is 9.80 Å². The first-order valence-corrected chi connectivity index (χ1v) is 22.4. The number of anilines is 6. The van der Waals surface area contributed by atoms with E-state index in [9.17, 15) is 0 Å². The van der Waals surface area contributed by atoms with E-state index in [0.717, 1.165) is 111 Å². The van der Waals surface area contributed by atoms with E-state index in [0.29, 0.717) is 0 Å². The van der Waals surface area contributed by atoms with Crippen molar-refractivity contribution in [3.63, 3.8) is 0 Å². The summed E-state index contributed by atoms with van der Waals surface area (Å²) in [5.41, 5.74) is 14.3. The fourth-order valence-corrected chi connectivity index (χ4v) is 10.0.